The third-order valence-corrected chi connectivity index (χ3v) is 2.67. The van der Waals surface area contributed by atoms with Crippen LogP contribution < -0.4 is 24.8 Å². The van der Waals surface area contributed by atoms with Crippen LogP contribution in [0, 0.1) is 0 Å². The van der Waals surface area contributed by atoms with Gasteiger partial charge in [0.25, 0.3) is 0 Å². The van der Waals surface area contributed by atoms with Gasteiger partial charge in [0.15, 0.2) is 0 Å². The molecule has 0 aliphatic heterocycles. The number of hydrogen-bond donors (Lipinski definition) is 0. The Hall–Kier alpha value is 0.787. The molecule has 0 bridgehead atoms. The van der Waals surface area contributed by atoms with Gasteiger partial charge in [0.2, 0.25) is 0 Å². The fraction of sp³-hybridized carbons (Fsp3) is 0.500. The van der Waals surface area contributed by atoms with Crippen molar-refractivity contribution in [3.63, 3.8) is 0 Å². The molecule has 0 nitrogen and oxygen atoms in total. The van der Waals surface area contributed by atoms with Gasteiger partial charge in [-0.1, -0.05) is 48.6 Å². The fourth-order valence-corrected chi connectivity index (χ4v) is 1.71. The molecule has 0 aromatic rings. The van der Waals surface area contributed by atoms with E-state index in [2.05, 4.69) is 48.6 Å². The zero-order valence-corrected chi connectivity index (χ0v) is 16.5. The second kappa shape index (κ2) is 24.8. The van der Waals surface area contributed by atoms with E-state index < -0.39 is 0 Å². The van der Waals surface area contributed by atoms with Crippen LogP contribution in [0.4, 0.5) is 0 Å². The summed E-state index contributed by atoms with van der Waals surface area (Å²) in [7, 11) is 0. The van der Waals surface area contributed by atoms with Crippen LogP contribution in [0.2, 0.25) is 0 Å². The Kier molecular flexibility index (Phi) is 35.8. The van der Waals surface area contributed by atoms with Gasteiger partial charge in [0, 0.05) is 39.0 Å². The van der Waals surface area contributed by atoms with Crippen LogP contribution in [0.25, 0.3) is 0 Å². The largest absolute Gasteiger partial charge is 1.00 e. The fourth-order valence-electron chi connectivity index (χ4n) is 1.71. The maximum absolute atomic E-state index is 2.27. The standard InChI is InChI=1S/2C8H12.2ClH.2Rh/c2*1-2-4-6-8-7-5-3-1;;;;/h2*1-2,7-8H,3-6H2;2*1H;;/p-2/b2*2-1-,8-7-;;;;. The smallest absolute Gasteiger partial charge is 0 e. The van der Waals surface area contributed by atoms with Crippen LogP contribution in [-0.2, 0) is 39.0 Å². The summed E-state index contributed by atoms with van der Waals surface area (Å²) in [5.74, 6) is 0. The topological polar surface area (TPSA) is 0 Å². The predicted molar refractivity (Wildman–Crippen MR) is 73.5 cm³/mol. The monoisotopic (exact) mass is 492 g/mol. The molecule has 0 saturated carbocycles. The Bertz CT molecular complexity index is 192. The van der Waals surface area contributed by atoms with E-state index in [0.717, 1.165) is 0 Å². The molecule has 122 valence electrons. The van der Waals surface area contributed by atoms with Crippen LogP contribution in [0.5, 0.6) is 0 Å². The Labute approximate surface area is 163 Å². The molecule has 0 fully saturated rings. The number of allylic oxidation sites excluding steroid dienone is 8. The van der Waals surface area contributed by atoms with Crippen molar-refractivity contribution in [1.82, 2.24) is 0 Å². The van der Waals surface area contributed by atoms with E-state index in [1.165, 1.54) is 51.4 Å². The summed E-state index contributed by atoms with van der Waals surface area (Å²) < 4.78 is 0. The van der Waals surface area contributed by atoms with Crippen molar-refractivity contribution in [2.45, 2.75) is 51.4 Å². The van der Waals surface area contributed by atoms with Crippen molar-refractivity contribution in [2.24, 2.45) is 0 Å². The Morgan fingerprint density at radius 1 is 0.300 bits per heavy atom. The molecule has 0 heterocycles. The molecule has 0 aromatic heterocycles. The van der Waals surface area contributed by atoms with E-state index in [9.17, 15) is 0 Å². The summed E-state index contributed by atoms with van der Waals surface area (Å²) in [6, 6.07) is 0. The molecule has 4 heteroatoms. The average Bonchev–Trinajstić information content (AvgIpc) is 2.15. The van der Waals surface area contributed by atoms with Gasteiger partial charge in [-0.3, -0.25) is 0 Å². The first kappa shape index (κ1) is 28.9. The van der Waals surface area contributed by atoms with Gasteiger partial charge in [-0.25, -0.2) is 0 Å². The summed E-state index contributed by atoms with van der Waals surface area (Å²) in [4.78, 5) is 0. The molecule has 2 rings (SSSR count). The summed E-state index contributed by atoms with van der Waals surface area (Å²) in [5.41, 5.74) is 0. The molecule has 0 amide bonds. The average molecular weight is 493 g/mol. The third kappa shape index (κ3) is 21.1. The molecule has 2 aliphatic rings. The molecule has 2 aliphatic carbocycles. The molecule has 2 radical (unpaired) electrons. The summed E-state index contributed by atoms with van der Waals surface area (Å²) in [5, 5.41) is 0. The van der Waals surface area contributed by atoms with Crippen molar-refractivity contribution in [3.05, 3.63) is 48.6 Å². The molecule has 0 atom stereocenters. The Balaban J connectivity index is -0.000000107. The molecular formula is C16H24Cl2Rh2-2. The second-order valence-corrected chi connectivity index (χ2v) is 4.20. The van der Waals surface area contributed by atoms with E-state index in [1.807, 2.05) is 0 Å². The van der Waals surface area contributed by atoms with Gasteiger partial charge in [-0.15, -0.1) is 0 Å². The summed E-state index contributed by atoms with van der Waals surface area (Å²) >= 11 is 0. The van der Waals surface area contributed by atoms with E-state index >= 15 is 0 Å². The van der Waals surface area contributed by atoms with Gasteiger partial charge in [0.1, 0.15) is 0 Å². The van der Waals surface area contributed by atoms with Crippen LogP contribution in [-0.4, -0.2) is 0 Å². The SMILES string of the molecule is C1=C\CC/C=C\CC/1.C1=C\CC/C=C\CC/1.[Cl-].[Cl-].[Rh].[Rh]. The molecule has 0 unspecified atom stereocenters. The number of rotatable bonds is 0. The van der Waals surface area contributed by atoms with Crippen molar-refractivity contribution >= 4 is 0 Å². The van der Waals surface area contributed by atoms with Gasteiger partial charge in [0.05, 0.1) is 0 Å². The molecule has 0 N–H and O–H groups in total. The zero-order chi connectivity index (χ0) is 11.3. The normalized spacial score (nSPS) is 22.4. The number of hydrogen-bond acceptors (Lipinski definition) is 0. The van der Waals surface area contributed by atoms with Crippen LogP contribution >= 0.6 is 0 Å². The first-order chi connectivity index (χ1) is 8.00. The third-order valence-electron chi connectivity index (χ3n) is 2.67. The van der Waals surface area contributed by atoms with Crippen molar-refractivity contribution in [2.75, 3.05) is 0 Å². The molecule has 0 spiro atoms. The predicted octanol–water partition coefficient (Wildman–Crippen LogP) is -0.651. The minimum Gasteiger partial charge on any atom is -1.00 e. The van der Waals surface area contributed by atoms with Crippen molar-refractivity contribution in [1.29, 1.82) is 0 Å². The summed E-state index contributed by atoms with van der Waals surface area (Å²) in [6.07, 6.45) is 28.0. The summed E-state index contributed by atoms with van der Waals surface area (Å²) in [6.45, 7) is 0. The van der Waals surface area contributed by atoms with Crippen molar-refractivity contribution in [3.8, 4) is 0 Å². The second-order valence-electron chi connectivity index (χ2n) is 4.20. The Morgan fingerprint density at radius 3 is 0.500 bits per heavy atom. The molecule has 0 aromatic carbocycles. The molecular weight excluding hydrogens is 469 g/mol. The zero-order valence-electron chi connectivity index (χ0n) is 11.7. The maximum atomic E-state index is 2.27. The van der Waals surface area contributed by atoms with Crippen LogP contribution in [0.1, 0.15) is 51.4 Å². The van der Waals surface area contributed by atoms with E-state index in [0.29, 0.717) is 0 Å². The molecule has 20 heavy (non-hydrogen) atoms. The van der Waals surface area contributed by atoms with Crippen LogP contribution in [0.3, 0.4) is 0 Å². The Morgan fingerprint density at radius 2 is 0.400 bits per heavy atom. The van der Waals surface area contributed by atoms with Gasteiger partial charge < -0.3 is 24.8 Å². The maximum Gasteiger partial charge on any atom is 0 e. The van der Waals surface area contributed by atoms with Gasteiger partial charge in [-0.05, 0) is 51.4 Å². The van der Waals surface area contributed by atoms with Gasteiger partial charge >= 0.3 is 0 Å². The minimum atomic E-state index is 0. The first-order valence-electron chi connectivity index (χ1n) is 6.60. The van der Waals surface area contributed by atoms with Crippen molar-refractivity contribution < 1.29 is 63.8 Å². The van der Waals surface area contributed by atoms with Gasteiger partial charge in [-0.2, -0.15) is 0 Å². The van der Waals surface area contributed by atoms with Crippen LogP contribution in [0.15, 0.2) is 48.6 Å². The van der Waals surface area contributed by atoms with E-state index in [4.69, 9.17) is 0 Å². The van der Waals surface area contributed by atoms with E-state index in [-0.39, 0.29) is 63.8 Å². The number of halogens is 2. The quantitative estimate of drug-likeness (QED) is 0.311. The minimum absolute atomic E-state index is 0. The van der Waals surface area contributed by atoms with E-state index in [1.54, 1.807) is 0 Å². The molecule has 0 saturated heterocycles. The first-order valence-corrected chi connectivity index (χ1v) is 6.60.